The number of rotatable bonds is 3. The molecule has 3 nitrogen and oxygen atoms in total. The highest BCUT2D eigenvalue weighted by atomic mass is 32.1. The number of ether oxygens (including phenoxy) is 1. The maximum atomic E-state index is 10.5. The molecule has 0 aliphatic carbocycles. The molecule has 4 heteroatoms. The summed E-state index contributed by atoms with van der Waals surface area (Å²) < 4.78 is 10.5. The lowest BCUT2D eigenvalue weighted by Gasteiger charge is -2.21. The van der Waals surface area contributed by atoms with Gasteiger partial charge in [0.05, 0.1) is 7.11 Å². The van der Waals surface area contributed by atoms with E-state index >= 15 is 0 Å². The first kappa shape index (κ1) is 16.6. The van der Waals surface area contributed by atoms with Crippen molar-refractivity contribution in [3.8, 4) is 28.4 Å². The Hall–Kier alpha value is -1.81. The average Bonchev–Trinajstić information content (AvgIpc) is 2.45. The third-order valence-electron chi connectivity index (χ3n) is 3.66. The predicted octanol–water partition coefficient (Wildman–Crippen LogP) is 4.90. The van der Waals surface area contributed by atoms with Crippen LogP contribution in [0.1, 0.15) is 31.9 Å². The SMILES string of the molecule is COc1c(OS)cc(C)cc1-c1ccc(C(C)(C)C)cc1O. The monoisotopic (exact) mass is 318 g/mol. The molecule has 0 unspecified atom stereocenters. The largest absolute Gasteiger partial charge is 0.507 e. The van der Waals surface area contributed by atoms with Gasteiger partial charge in [-0.3, -0.25) is 0 Å². The fourth-order valence-corrected chi connectivity index (χ4v) is 2.58. The van der Waals surface area contributed by atoms with Crippen LogP contribution in [0.4, 0.5) is 0 Å². The van der Waals surface area contributed by atoms with Gasteiger partial charge in [-0.1, -0.05) is 32.9 Å². The van der Waals surface area contributed by atoms with E-state index in [0.717, 1.165) is 16.7 Å². The molecule has 0 aliphatic rings. The average molecular weight is 318 g/mol. The molecule has 0 aromatic heterocycles. The van der Waals surface area contributed by atoms with Crippen LogP contribution in [0, 0.1) is 6.92 Å². The summed E-state index contributed by atoms with van der Waals surface area (Å²) in [6, 6.07) is 9.54. The quantitative estimate of drug-likeness (QED) is 0.624. The molecule has 0 heterocycles. The van der Waals surface area contributed by atoms with Crippen LogP contribution >= 0.6 is 12.9 Å². The van der Waals surface area contributed by atoms with Gasteiger partial charge < -0.3 is 14.0 Å². The molecule has 1 N–H and O–H groups in total. The van der Waals surface area contributed by atoms with Crippen LogP contribution in [0.25, 0.3) is 11.1 Å². The third kappa shape index (κ3) is 3.17. The van der Waals surface area contributed by atoms with Gasteiger partial charge in [-0.15, -0.1) is 0 Å². The first-order valence-electron chi connectivity index (χ1n) is 7.12. The van der Waals surface area contributed by atoms with Gasteiger partial charge in [0.25, 0.3) is 0 Å². The van der Waals surface area contributed by atoms with Gasteiger partial charge >= 0.3 is 0 Å². The Kier molecular flexibility index (Phi) is 4.61. The van der Waals surface area contributed by atoms with E-state index in [9.17, 15) is 5.11 Å². The Balaban J connectivity index is 2.64. The van der Waals surface area contributed by atoms with Crippen molar-refractivity contribution >= 4 is 12.9 Å². The van der Waals surface area contributed by atoms with Crippen molar-refractivity contribution in [2.45, 2.75) is 33.1 Å². The van der Waals surface area contributed by atoms with E-state index in [1.165, 1.54) is 0 Å². The summed E-state index contributed by atoms with van der Waals surface area (Å²) in [5.41, 5.74) is 3.54. The molecular weight excluding hydrogens is 296 g/mol. The minimum absolute atomic E-state index is 0.0218. The summed E-state index contributed by atoms with van der Waals surface area (Å²) >= 11 is 3.88. The molecule has 2 aromatic rings. The number of hydrogen-bond donors (Lipinski definition) is 2. The van der Waals surface area contributed by atoms with Crippen molar-refractivity contribution in [1.29, 1.82) is 0 Å². The molecule has 0 amide bonds. The Morgan fingerprint density at radius 3 is 2.23 bits per heavy atom. The highest BCUT2D eigenvalue weighted by Gasteiger charge is 2.19. The number of phenols is 1. The zero-order chi connectivity index (χ0) is 16.5. The minimum atomic E-state index is -0.0218. The summed E-state index contributed by atoms with van der Waals surface area (Å²) in [5.74, 6) is 1.31. The van der Waals surface area contributed by atoms with E-state index in [1.54, 1.807) is 13.2 Å². The summed E-state index contributed by atoms with van der Waals surface area (Å²) in [6.07, 6.45) is 0. The van der Waals surface area contributed by atoms with Crippen molar-refractivity contribution in [1.82, 2.24) is 0 Å². The molecule has 22 heavy (non-hydrogen) atoms. The first-order chi connectivity index (χ1) is 10.3. The molecule has 0 radical (unpaired) electrons. The summed E-state index contributed by atoms with van der Waals surface area (Å²) in [6.45, 7) is 8.30. The molecule has 0 aliphatic heterocycles. The standard InChI is InChI=1S/C18H22O3S/c1-11-8-14(17(20-5)16(9-11)21-22)13-7-6-12(10-15(13)19)18(2,3)4/h6-10,19,22H,1-5H3. The smallest absolute Gasteiger partial charge is 0.179 e. The summed E-state index contributed by atoms with van der Waals surface area (Å²) in [4.78, 5) is 0. The minimum Gasteiger partial charge on any atom is -0.507 e. The zero-order valence-corrected chi connectivity index (χ0v) is 14.5. The molecule has 0 saturated heterocycles. The predicted molar refractivity (Wildman–Crippen MR) is 93.1 cm³/mol. The Bertz CT molecular complexity index is 687. The molecule has 0 bridgehead atoms. The second kappa shape index (κ2) is 6.13. The second-order valence-electron chi connectivity index (χ2n) is 6.42. The van der Waals surface area contributed by atoms with Crippen molar-refractivity contribution < 1.29 is 14.0 Å². The van der Waals surface area contributed by atoms with Crippen molar-refractivity contribution in [3.05, 3.63) is 41.5 Å². The van der Waals surface area contributed by atoms with E-state index in [2.05, 4.69) is 33.7 Å². The number of benzene rings is 2. The molecule has 0 fully saturated rings. The summed E-state index contributed by atoms with van der Waals surface area (Å²) in [7, 11) is 1.57. The van der Waals surface area contributed by atoms with E-state index < -0.39 is 0 Å². The number of phenolic OH excluding ortho intramolecular Hbond substituents is 1. The fourth-order valence-electron chi connectivity index (χ4n) is 2.44. The van der Waals surface area contributed by atoms with Crippen LogP contribution in [0.15, 0.2) is 30.3 Å². The highest BCUT2D eigenvalue weighted by Crippen LogP contribution is 2.43. The number of aromatic hydroxyl groups is 1. The molecule has 0 atom stereocenters. The van der Waals surface area contributed by atoms with E-state index in [-0.39, 0.29) is 11.2 Å². The molecule has 0 spiro atoms. The third-order valence-corrected chi connectivity index (χ3v) is 3.85. The van der Waals surface area contributed by atoms with E-state index in [4.69, 9.17) is 8.92 Å². The first-order valence-corrected chi connectivity index (χ1v) is 7.48. The second-order valence-corrected chi connectivity index (χ2v) is 6.60. The lowest BCUT2D eigenvalue weighted by Crippen LogP contribution is -2.10. The number of aryl methyl sites for hydroxylation is 1. The number of hydrogen-bond acceptors (Lipinski definition) is 4. The lowest BCUT2D eigenvalue weighted by atomic mass is 9.85. The van der Waals surface area contributed by atoms with E-state index in [0.29, 0.717) is 17.1 Å². The van der Waals surface area contributed by atoms with Gasteiger partial charge in [0.1, 0.15) is 5.75 Å². The van der Waals surface area contributed by atoms with Crippen LogP contribution in [0.2, 0.25) is 0 Å². The molecule has 0 saturated carbocycles. The normalized spacial score (nSPS) is 11.4. The van der Waals surface area contributed by atoms with E-state index in [1.807, 2.05) is 31.2 Å². The van der Waals surface area contributed by atoms with Crippen molar-refractivity contribution in [2.24, 2.45) is 0 Å². The Morgan fingerprint density at radius 1 is 1.05 bits per heavy atom. The van der Waals surface area contributed by atoms with Crippen LogP contribution in [0.3, 0.4) is 0 Å². The molecular formula is C18H22O3S. The lowest BCUT2D eigenvalue weighted by molar-refractivity contribution is 0.401. The number of thiol groups is 1. The molecule has 2 aromatic carbocycles. The molecule has 2 rings (SSSR count). The van der Waals surface area contributed by atoms with Gasteiger partial charge in [0.2, 0.25) is 0 Å². The maximum absolute atomic E-state index is 10.5. The van der Waals surface area contributed by atoms with Crippen molar-refractivity contribution in [3.63, 3.8) is 0 Å². The highest BCUT2D eigenvalue weighted by molar-refractivity contribution is 7.75. The summed E-state index contributed by atoms with van der Waals surface area (Å²) in [5, 5.41) is 10.5. The van der Waals surface area contributed by atoms with Gasteiger partial charge in [0.15, 0.2) is 11.5 Å². The van der Waals surface area contributed by atoms with Gasteiger partial charge in [-0.25, -0.2) is 0 Å². The maximum Gasteiger partial charge on any atom is 0.179 e. The topological polar surface area (TPSA) is 38.7 Å². The van der Waals surface area contributed by atoms with Gasteiger partial charge in [-0.05, 0) is 41.7 Å². The Morgan fingerprint density at radius 2 is 1.73 bits per heavy atom. The van der Waals surface area contributed by atoms with Gasteiger partial charge in [0, 0.05) is 24.0 Å². The zero-order valence-electron chi connectivity index (χ0n) is 13.6. The van der Waals surface area contributed by atoms with Crippen LogP contribution in [-0.2, 0) is 5.41 Å². The fraction of sp³-hybridized carbons (Fsp3) is 0.333. The van der Waals surface area contributed by atoms with Crippen LogP contribution in [-0.4, -0.2) is 12.2 Å². The van der Waals surface area contributed by atoms with Gasteiger partial charge in [-0.2, -0.15) is 0 Å². The number of methoxy groups -OCH3 is 1. The molecule has 118 valence electrons. The Labute approximate surface area is 137 Å². The van der Waals surface area contributed by atoms with Crippen LogP contribution < -0.4 is 8.92 Å². The van der Waals surface area contributed by atoms with Crippen molar-refractivity contribution in [2.75, 3.05) is 7.11 Å². The van der Waals surface area contributed by atoms with Crippen LogP contribution in [0.5, 0.6) is 17.2 Å².